The van der Waals surface area contributed by atoms with Gasteiger partial charge in [-0.1, -0.05) is 23.7 Å². The topological polar surface area (TPSA) is 49.7 Å². The van der Waals surface area contributed by atoms with Crippen molar-refractivity contribution in [2.24, 2.45) is 0 Å². The Morgan fingerprint density at radius 3 is 2.88 bits per heavy atom. The summed E-state index contributed by atoms with van der Waals surface area (Å²) in [5.41, 5.74) is 2.08. The molecule has 0 radical (unpaired) electrons. The minimum Gasteiger partial charge on any atom is -0.394 e. The first-order valence-electron chi connectivity index (χ1n) is 8.31. The molecule has 1 saturated heterocycles. The van der Waals surface area contributed by atoms with Crippen molar-refractivity contribution in [3.8, 4) is 0 Å². The Kier molecular flexibility index (Phi) is 5.13. The lowest BCUT2D eigenvalue weighted by molar-refractivity contribution is -0.113. The number of rotatable bonds is 4. The summed E-state index contributed by atoms with van der Waals surface area (Å²) in [6.07, 6.45) is 0.864. The van der Waals surface area contributed by atoms with Crippen LogP contribution in [0.4, 0.5) is 0 Å². The van der Waals surface area contributed by atoms with Gasteiger partial charge in [0.05, 0.1) is 28.9 Å². The monoisotopic (exact) mass is 394 g/mol. The van der Waals surface area contributed by atoms with Crippen LogP contribution in [0.5, 0.6) is 0 Å². The SMILES string of the molecule is OCC1CC(O)CC(c2ccc(Cl)c(Cc3cc4ccsc4s3)c2)O1. The van der Waals surface area contributed by atoms with E-state index in [9.17, 15) is 10.2 Å². The predicted molar refractivity (Wildman–Crippen MR) is 104 cm³/mol. The molecule has 132 valence electrons. The number of halogens is 1. The molecule has 25 heavy (non-hydrogen) atoms. The van der Waals surface area contributed by atoms with Crippen LogP contribution in [0.1, 0.15) is 34.9 Å². The van der Waals surface area contributed by atoms with Crippen molar-refractivity contribution in [1.29, 1.82) is 0 Å². The van der Waals surface area contributed by atoms with E-state index in [1.807, 2.05) is 23.5 Å². The summed E-state index contributed by atoms with van der Waals surface area (Å²) in [5, 5.41) is 23.6. The quantitative estimate of drug-likeness (QED) is 0.669. The van der Waals surface area contributed by atoms with E-state index in [0.29, 0.717) is 12.8 Å². The number of hydrogen-bond acceptors (Lipinski definition) is 5. The minimum absolute atomic E-state index is 0.0695. The third-order valence-electron chi connectivity index (χ3n) is 4.59. The standard InChI is InChI=1S/C19H19ClO3S2/c20-17-2-1-11(18-9-14(22)8-15(10-21)23-18)5-13(17)7-16-6-12-3-4-24-19(12)25-16/h1-6,14-15,18,21-22H,7-10H2. The molecule has 0 saturated carbocycles. The van der Waals surface area contributed by atoms with Crippen LogP contribution in [0.3, 0.4) is 0 Å². The predicted octanol–water partition coefficient (Wildman–Crippen LogP) is 4.78. The maximum absolute atomic E-state index is 10.0. The molecule has 0 bridgehead atoms. The maximum Gasteiger partial charge on any atom is 0.0867 e. The molecule has 6 heteroatoms. The van der Waals surface area contributed by atoms with Gasteiger partial charge in [0, 0.05) is 34.5 Å². The highest BCUT2D eigenvalue weighted by molar-refractivity contribution is 7.37. The summed E-state index contributed by atoms with van der Waals surface area (Å²) in [6, 6.07) is 10.3. The number of aliphatic hydroxyl groups excluding tert-OH is 2. The molecule has 0 aliphatic carbocycles. The maximum atomic E-state index is 10.0. The third-order valence-corrected chi connectivity index (χ3v) is 7.16. The van der Waals surface area contributed by atoms with Gasteiger partial charge in [0.25, 0.3) is 0 Å². The first-order chi connectivity index (χ1) is 12.1. The molecular weight excluding hydrogens is 376 g/mol. The molecule has 3 atom stereocenters. The number of hydrogen-bond donors (Lipinski definition) is 2. The number of benzene rings is 1. The van der Waals surface area contributed by atoms with Crippen LogP contribution in [0, 0.1) is 0 Å². The molecule has 3 nitrogen and oxygen atoms in total. The Balaban J connectivity index is 1.58. The molecule has 2 aromatic heterocycles. The first-order valence-corrected chi connectivity index (χ1v) is 10.4. The second-order valence-corrected chi connectivity index (χ2v) is 9.18. The van der Waals surface area contributed by atoms with Gasteiger partial charge in [-0.3, -0.25) is 0 Å². The van der Waals surface area contributed by atoms with Crippen molar-refractivity contribution < 1.29 is 14.9 Å². The zero-order valence-corrected chi connectivity index (χ0v) is 15.9. The molecule has 3 heterocycles. The van der Waals surface area contributed by atoms with E-state index in [4.69, 9.17) is 16.3 Å². The minimum atomic E-state index is -0.445. The van der Waals surface area contributed by atoms with E-state index in [-0.39, 0.29) is 18.8 Å². The summed E-state index contributed by atoms with van der Waals surface area (Å²) in [7, 11) is 0. The molecule has 0 spiro atoms. The summed E-state index contributed by atoms with van der Waals surface area (Å²) >= 11 is 9.99. The van der Waals surface area contributed by atoms with Crippen LogP contribution in [0.15, 0.2) is 35.7 Å². The van der Waals surface area contributed by atoms with Crippen LogP contribution in [0.25, 0.3) is 9.40 Å². The number of fused-ring (bicyclic) bond motifs is 1. The second-order valence-electron chi connectivity index (χ2n) is 6.46. The van der Waals surface area contributed by atoms with Gasteiger partial charge < -0.3 is 14.9 Å². The van der Waals surface area contributed by atoms with Crippen LogP contribution in [-0.4, -0.2) is 29.0 Å². The van der Waals surface area contributed by atoms with Crippen molar-refractivity contribution in [3.63, 3.8) is 0 Å². The molecule has 1 fully saturated rings. The lowest BCUT2D eigenvalue weighted by Crippen LogP contribution is -2.33. The van der Waals surface area contributed by atoms with Gasteiger partial charge in [-0.2, -0.15) is 0 Å². The van der Waals surface area contributed by atoms with E-state index in [2.05, 4.69) is 23.6 Å². The first kappa shape index (κ1) is 17.5. The van der Waals surface area contributed by atoms with Gasteiger partial charge in [-0.15, -0.1) is 22.7 Å². The van der Waals surface area contributed by atoms with E-state index >= 15 is 0 Å². The normalized spacial score (nSPS) is 24.0. The van der Waals surface area contributed by atoms with E-state index < -0.39 is 6.10 Å². The fourth-order valence-corrected chi connectivity index (χ4v) is 5.71. The van der Waals surface area contributed by atoms with E-state index in [0.717, 1.165) is 22.6 Å². The zero-order valence-electron chi connectivity index (χ0n) is 13.5. The van der Waals surface area contributed by atoms with Gasteiger partial charge in [0.1, 0.15) is 0 Å². The molecule has 1 aliphatic heterocycles. The fourth-order valence-electron chi connectivity index (χ4n) is 3.34. The number of aliphatic hydroxyl groups is 2. The van der Waals surface area contributed by atoms with Crippen LogP contribution in [-0.2, 0) is 11.2 Å². The summed E-state index contributed by atoms with van der Waals surface area (Å²) in [6.45, 7) is -0.0695. The molecule has 0 amide bonds. The van der Waals surface area contributed by atoms with E-state index in [1.165, 1.54) is 14.3 Å². The largest absolute Gasteiger partial charge is 0.394 e. The third kappa shape index (κ3) is 3.77. The fraction of sp³-hybridized carbons (Fsp3) is 0.368. The Hall–Kier alpha value is -0.950. The lowest BCUT2D eigenvalue weighted by atomic mass is 9.94. The van der Waals surface area contributed by atoms with Crippen molar-refractivity contribution >= 4 is 43.7 Å². The highest BCUT2D eigenvalue weighted by Crippen LogP contribution is 2.36. The Morgan fingerprint density at radius 2 is 2.08 bits per heavy atom. The number of ether oxygens (including phenoxy) is 1. The summed E-state index contributed by atoms with van der Waals surface area (Å²) in [5.74, 6) is 0. The Labute approximate surface area is 159 Å². The average molecular weight is 395 g/mol. The summed E-state index contributed by atoms with van der Waals surface area (Å²) in [4.78, 5) is 1.29. The van der Waals surface area contributed by atoms with Crippen LogP contribution in [0.2, 0.25) is 5.02 Å². The molecule has 4 rings (SSSR count). The van der Waals surface area contributed by atoms with Crippen LogP contribution >= 0.6 is 34.3 Å². The summed E-state index contributed by atoms with van der Waals surface area (Å²) < 4.78 is 7.26. The van der Waals surface area contributed by atoms with Crippen molar-refractivity contribution in [3.05, 3.63) is 56.7 Å². The van der Waals surface area contributed by atoms with Crippen molar-refractivity contribution in [2.75, 3.05) is 6.61 Å². The molecular formula is C19H19ClO3S2. The van der Waals surface area contributed by atoms with Gasteiger partial charge in [-0.05, 0) is 34.7 Å². The lowest BCUT2D eigenvalue weighted by Gasteiger charge is -2.32. The smallest absolute Gasteiger partial charge is 0.0867 e. The van der Waals surface area contributed by atoms with Crippen LogP contribution < -0.4 is 0 Å². The van der Waals surface area contributed by atoms with Crippen molar-refractivity contribution in [2.45, 2.75) is 37.6 Å². The highest BCUT2D eigenvalue weighted by Gasteiger charge is 2.29. The molecule has 1 aromatic carbocycles. The molecule has 1 aliphatic rings. The van der Waals surface area contributed by atoms with Gasteiger partial charge >= 0.3 is 0 Å². The van der Waals surface area contributed by atoms with E-state index in [1.54, 1.807) is 11.3 Å². The molecule has 3 aromatic rings. The second kappa shape index (κ2) is 7.35. The molecule has 2 N–H and O–H groups in total. The highest BCUT2D eigenvalue weighted by atomic mass is 35.5. The van der Waals surface area contributed by atoms with Crippen molar-refractivity contribution in [1.82, 2.24) is 0 Å². The van der Waals surface area contributed by atoms with Gasteiger partial charge in [-0.25, -0.2) is 0 Å². The Bertz CT molecular complexity index is 844. The van der Waals surface area contributed by atoms with Gasteiger partial charge in [0.2, 0.25) is 0 Å². The molecule has 3 unspecified atom stereocenters. The van der Waals surface area contributed by atoms with Gasteiger partial charge in [0.15, 0.2) is 0 Å². The Morgan fingerprint density at radius 1 is 1.20 bits per heavy atom. The zero-order chi connectivity index (χ0) is 17.4. The number of thiophene rings is 2. The average Bonchev–Trinajstić information content (AvgIpc) is 3.17.